The molecule has 116 valence electrons. The van der Waals surface area contributed by atoms with Gasteiger partial charge in [0.25, 0.3) is 0 Å². The molecule has 0 radical (unpaired) electrons. The molecule has 0 aliphatic carbocycles. The van der Waals surface area contributed by atoms with E-state index in [4.69, 9.17) is 0 Å². The smallest absolute Gasteiger partial charge is 0.136 e. The van der Waals surface area contributed by atoms with Crippen LogP contribution in [0.25, 0.3) is 0 Å². The van der Waals surface area contributed by atoms with Crippen LogP contribution in [0.3, 0.4) is 0 Å². The number of para-hydroxylation sites is 1. The van der Waals surface area contributed by atoms with Crippen LogP contribution in [-0.2, 0) is 6.54 Å². The van der Waals surface area contributed by atoms with Gasteiger partial charge in [-0.1, -0.05) is 30.3 Å². The van der Waals surface area contributed by atoms with E-state index >= 15 is 0 Å². The average molecular weight is 308 g/mol. The molecule has 0 aliphatic heterocycles. The highest BCUT2D eigenvalue weighted by atomic mass is 19.1. The van der Waals surface area contributed by atoms with E-state index in [2.05, 4.69) is 20.6 Å². The number of rotatable bonds is 5. The molecule has 5 heteroatoms. The van der Waals surface area contributed by atoms with E-state index in [1.807, 2.05) is 43.3 Å². The van der Waals surface area contributed by atoms with E-state index in [0.29, 0.717) is 12.4 Å². The number of nitrogens with zero attached hydrogens (tertiary/aromatic N) is 2. The molecule has 0 saturated carbocycles. The molecule has 23 heavy (non-hydrogen) atoms. The molecular weight excluding hydrogens is 291 g/mol. The molecule has 0 amide bonds. The van der Waals surface area contributed by atoms with Crippen molar-refractivity contribution in [2.24, 2.45) is 0 Å². The van der Waals surface area contributed by atoms with Crippen molar-refractivity contribution in [2.45, 2.75) is 13.5 Å². The fourth-order valence-electron chi connectivity index (χ4n) is 2.19. The van der Waals surface area contributed by atoms with Gasteiger partial charge in [0.1, 0.15) is 23.3 Å². The summed E-state index contributed by atoms with van der Waals surface area (Å²) in [6.45, 7) is 2.42. The topological polar surface area (TPSA) is 49.8 Å². The van der Waals surface area contributed by atoms with Crippen molar-refractivity contribution in [1.82, 2.24) is 9.97 Å². The van der Waals surface area contributed by atoms with Crippen molar-refractivity contribution >= 4 is 17.3 Å². The molecule has 2 aromatic carbocycles. The molecule has 3 rings (SSSR count). The number of aryl methyl sites for hydroxylation is 1. The Bertz CT molecular complexity index is 773. The minimum Gasteiger partial charge on any atom is -0.366 e. The number of hydrogen-bond donors (Lipinski definition) is 2. The van der Waals surface area contributed by atoms with Gasteiger partial charge in [-0.25, -0.2) is 14.4 Å². The van der Waals surface area contributed by atoms with E-state index < -0.39 is 0 Å². The first-order chi connectivity index (χ1) is 11.2. The molecule has 4 nitrogen and oxygen atoms in total. The monoisotopic (exact) mass is 308 g/mol. The van der Waals surface area contributed by atoms with Gasteiger partial charge in [-0.05, 0) is 36.8 Å². The lowest BCUT2D eigenvalue weighted by molar-refractivity contribution is 0.627. The standard InChI is InChI=1S/C18H17FN4/c1-13-21-17(20-12-14-7-9-15(19)10-8-14)11-18(22-13)23-16-5-3-2-4-6-16/h2-11H,12H2,1H3,(H2,20,21,22,23). The van der Waals surface area contributed by atoms with Crippen molar-refractivity contribution in [1.29, 1.82) is 0 Å². The highest BCUT2D eigenvalue weighted by molar-refractivity contribution is 5.59. The quantitative estimate of drug-likeness (QED) is 0.738. The first-order valence-corrected chi connectivity index (χ1v) is 7.35. The highest BCUT2D eigenvalue weighted by Crippen LogP contribution is 2.17. The first-order valence-electron chi connectivity index (χ1n) is 7.35. The molecule has 0 saturated heterocycles. The van der Waals surface area contributed by atoms with E-state index in [9.17, 15) is 4.39 Å². The number of nitrogens with one attached hydrogen (secondary N) is 2. The number of aromatic nitrogens is 2. The molecule has 1 aromatic heterocycles. The fraction of sp³-hybridized carbons (Fsp3) is 0.111. The predicted molar refractivity (Wildman–Crippen MR) is 90.2 cm³/mol. The second-order valence-electron chi connectivity index (χ2n) is 5.16. The molecule has 0 atom stereocenters. The number of hydrogen-bond acceptors (Lipinski definition) is 4. The maximum Gasteiger partial charge on any atom is 0.136 e. The van der Waals surface area contributed by atoms with Crippen LogP contribution in [0.15, 0.2) is 60.7 Å². The summed E-state index contributed by atoms with van der Waals surface area (Å²) in [5, 5.41) is 6.48. The zero-order valence-corrected chi connectivity index (χ0v) is 12.8. The fourth-order valence-corrected chi connectivity index (χ4v) is 2.19. The predicted octanol–water partition coefficient (Wildman–Crippen LogP) is 4.28. The SMILES string of the molecule is Cc1nc(NCc2ccc(F)cc2)cc(Nc2ccccc2)n1. The van der Waals surface area contributed by atoms with Gasteiger partial charge in [0.05, 0.1) is 0 Å². The van der Waals surface area contributed by atoms with Crippen LogP contribution in [0, 0.1) is 12.7 Å². The lowest BCUT2D eigenvalue weighted by Gasteiger charge is -2.10. The molecule has 0 aliphatic rings. The Morgan fingerprint density at radius 2 is 1.61 bits per heavy atom. The second-order valence-corrected chi connectivity index (χ2v) is 5.16. The van der Waals surface area contributed by atoms with Gasteiger partial charge >= 0.3 is 0 Å². The minimum atomic E-state index is -0.235. The van der Waals surface area contributed by atoms with E-state index in [1.165, 1.54) is 12.1 Å². The summed E-state index contributed by atoms with van der Waals surface area (Å²) >= 11 is 0. The number of benzene rings is 2. The van der Waals surface area contributed by atoms with Crippen LogP contribution < -0.4 is 10.6 Å². The van der Waals surface area contributed by atoms with Crippen LogP contribution >= 0.6 is 0 Å². The van der Waals surface area contributed by atoms with Crippen molar-refractivity contribution in [3.05, 3.63) is 77.9 Å². The summed E-state index contributed by atoms with van der Waals surface area (Å²) in [4.78, 5) is 8.76. The molecule has 1 heterocycles. The first kappa shape index (κ1) is 15.0. The van der Waals surface area contributed by atoms with E-state index in [1.54, 1.807) is 12.1 Å². The second kappa shape index (κ2) is 6.87. The largest absolute Gasteiger partial charge is 0.366 e. The summed E-state index contributed by atoms with van der Waals surface area (Å²) in [5.41, 5.74) is 1.95. The average Bonchev–Trinajstić information content (AvgIpc) is 2.55. The van der Waals surface area contributed by atoms with Crippen molar-refractivity contribution in [2.75, 3.05) is 10.6 Å². The molecule has 3 aromatic rings. The molecule has 0 fully saturated rings. The van der Waals surface area contributed by atoms with Gasteiger partial charge in [-0.3, -0.25) is 0 Å². The summed E-state index contributed by atoms with van der Waals surface area (Å²) in [6.07, 6.45) is 0. The maximum atomic E-state index is 12.9. The van der Waals surface area contributed by atoms with Gasteiger partial charge in [-0.2, -0.15) is 0 Å². The Morgan fingerprint density at radius 3 is 2.35 bits per heavy atom. The number of halogens is 1. The Balaban J connectivity index is 1.71. The van der Waals surface area contributed by atoms with Crippen molar-refractivity contribution in [3.8, 4) is 0 Å². The van der Waals surface area contributed by atoms with Crippen LogP contribution in [0.2, 0.25) is 0 Å². The molecule has 2 N–H and O–H groups in total. The molecule has 0 unspecified atom stereocenters. The molecular formula is C18H17FN4. The third-order valence-corrected chi connectivity index (χ3v) is 3.27. The molecule has 0 bridgehead atoms. The van der Waals surface area contributed by atoms with Gasteiger partial charge < -0.3 is 10.6 Å². The van der Waals surface area contributed by atoms with Crippen molar-refractivity contribution < 1.29 is 4.39 Å². The summed E-state index contributed by atoms with van der Waals surface area (Å²) in [5.74, 6) is 1.89. The Hall–Kier alpha value is -2.95. The highest BCUT2D eigenvalue weighted by Gasteiger charge is 2.03. The van der Waals surface area contributed by atoms with E-state index in [0.717, 1.165) is 22.9 Å². The minimum absolute atomic E-state index is 0.235. The Labute approximate surface area is 134 Å². The van der Waals surface area contributed by atoms with Gasteiger partial charge in [0.2, 0.25) is 0 Å². The van der Waals surface area contributed by atoms with Crippen LogP contribution in [-0.4, -0.2) is 9.97 Å². The lowest BCUT2D eigenvalue weighted by Crippen LogP contribution is -2.05. The van der Waals surface area contributed by atoms with Crippen molar-refractivity contribution in [3.63, 3.8) is 0 Å². The van der Waals surface area contributed by atoms with Gasteiger partial charge in [0, 0.05) is 18.3 Å². The summed E-state index contributed by atoms with van der Waals surface area (Å²) < 4.78 is 12.9. The van der Waals surface area contributed by atoms with Crippen LogP contribution in [0.5, 0.6) is 0 Å². The lowest BCUT2D eigenvalue weighted by atomic mass is 10.2. The van der Waals surface area contributed by atoms with Gasteiger partial charge in [0.15, 0.2) is 0 Å². The zero-order chi connectivity index (χ0) is 16.1. The normalized spacial score (nSPS) is 10.3. The molecule has 0 spiro atoms. The van der Waals surface area contributed by atoms with Crippen LogP contribution in [0.4, 0.5) is 21.7 Å². The third kappa shape index (κ3) is 4.26. The van der Waals surface area contributed by atoms with E-state index in [-0.39, 0.29) is 5.82 Å². The third-order valence-electron chi connectivity index (χ3n) is 3.27. The maximum absolute atomic E-state index is 12.9. The van der Waals surface area contributed by atoms with Gasteiger partial charge in [-0.15, -0.1) is 0 Å². The summed E-state index contributed by atoms with van der Waals surface area (Å²) in [7, 11) is 0. The van der Waals surface area contributed by atoms with Crippen LogP contribution in [0.1, 0.15) is 11.4 Å². The summed E-state index contributed by atoms with van der Waals surface area (Å²) in [6, 6.07) is 18.1. The zero-order valence-electron chi connectivity index (χ0n) is 12.8. The Kier molecular flexibility index (Phi) is 4.47. The number of anilines is 3. The Morgan fingerprint density at radius 1 is 0.913 bits per heavy atom.